The van der Waals surface area contributed by atoms with Crippen molar-refractivity contribution in [1.82, 2.24) is 9.61 Å². The molecule has 0 N–H and O–H groups in total. The maximum absolute atomic E-state index is 12.8. The van der Waals surface area contributed by atoms with Crippen LogP contribution in [0.5, 0.6) is 0 Å². The Bertz CT molecular complexity index is 526. The van der Waals surface area contributed by atoms with E-state index >= 15 is 0 Å². The molecule has 0 bridgehead atoms. The van der Waals surface area contributed by atoms with Crippen LogP contribution in [0.15, 0.2) is 24.4 Å². The minimum Gasteiger partial charge on any atom is -0.383 e. The molecule has 19 heavy (non-hydrogen) atoms. The molecule has 2 rings (SSSR count). The molecular weight excluding hydrogens is 245 g/mol. The Labute approximate surface area is 112 Å². The molecule has 4 nitrogen and oxygen atoms in total. The first-order valence-corrected chi connectivity index (χ1v) is 6.57. The van der Waals surface area contributed by atoms with Crippen LogP contribution in [-0.2, 0) is 11.2 Å². The van der Waals surface area contributed by atoms with Crippen molar-refractivity contribution in [2.24, 2.45) is 0 Å². The lowest BCUT2D eigenvalue weighted by Gasteiger charge is -2.23. The van der Waals surface area contributed by atoms with Crippen LogP contribution in [0.4, 0.5) is 10.1 Å². The highest BCUT2D eigenvalue weighted by molar-refractivity contribution is 5.75. The zero-order chi connectivity index (χ0) is 13.7. The highest BCUT2D eigenvalue weighted by Crippen LogP contribution is 2.26. The highest BCUT2D eigenvalue weighted by Gasteiger charge is 2.17. The number of alkyl halides is 1. The number of halogens is 1. The van der Waals surface area contributed by atoms with Crippen molar-refractivity contribution in [3.05, 3.63) is 30.1 Å². The summed E-state index contributed by atoms with van der Waals surface area (Å²) >= 11 is 0. The van der Waals surface area contributed by atoms with Crippen molar-refractivity contribution in [2.75, 3.05) is 38.4 Å². The van der Waals surface area contributed by atoms with Gasteiger partial charge in [0, 0.05) is 26.4 Å². The SMILES string of the molecule is CCc1nn2ccccc2c1N(CCF)CCOC. The second-order valence-corrected chi connectivity index (χ2v) is 4.35. The molecule has 0 atom stereocenters. The summed E-state index contributed by atoms with van der Waals surface area (Å²) in [5.74, 6) is 0. The number of pyridine rings is 1. The van der Waals surface area contributed by atoms with E-state index in [0.717, 1.165) is 23.3 Å². The number of nitrogens with zero attached hydrogens (tertiary/aromatic N) is 3. The van der Waals surface area contributed by atoms with Gasteiger partial charge in [-0.2, -0.15) is 5.10 Å². The third kappa shape index (κ3) is 2.87. The second-order valence-electron chi connectivity index (χ2n) is 4.35. The molecule has 104 valence electrons. The normalized spacial score (nSPS) is 11.1. The van der Waals surface area contributed by atoms with Gasteiger partial charge in [-0.25, -0.2) is 8.91 Å². The average Bonchev–Trinajstić information content (AvgIpc) is 2.82. The van der Waals surface area contributed by atoms with Crippen molar-refractivity contribution >= 4 is 11.2 Å². The summed E-state index contributed by atoms with van der Waals surface area (Å²) in [6, 6.07) is 5.93. The Morgan fingerprint density at radius 2 is 2.21 bits per heavy atom. The van der Waals surface area contributed by atoms with Gasteiger partial charge < -0.3 is 9.64 Å². The molecule has 2 heterocycles. The van der Waals surface area contributed by atoms with Crippen LogP contribution in [-0.4, -0.2) is 43.1 Å². The minimum absolute atomic E-state index is 0.368. The Morgan fingerprint density at radius 3 is 2.89 bits per heavy atom. The predicted molar refractivity (Wildman–Crippen MR) is 74.6 cm³/mol. The van der Waals surface area contributed by atoms with Crippen LogP contribution >= 0.6 is 0 Å². The van der Waals surface area contributed by atoms with E-state index in [2.05, 4.69) is 12.0 Å². The first-order chi connectivity index (χ1) is 9.31. The van der Waals surface area contributed by atoms with Gasteiger partial charge in [-0.05, 0) is 18.6 Å². The third-order valence-corrected chi connectivity index (χ3v) is 3.15. The predicted octanol–water partition coefficient (Wildman–Crippen LogP) is 2.32. The van der Waals surface area contributed by atoms with E-state index in [0.29, 0.717) is 19.7 Å². The van der Waals surface area contributed by atoms with Gasteiger partial charge in [-0.15, -0.1) is 0 Å². The van der Waals surface area contributed by atoms with Crippen LogP contribution in [0.2, 0.25) is 0 Å². The Morgan fingerprint density at radius 1 is 1.37 bits per heavy atom. The largest absolute Gasteiger partial charge is 0.383 e. The van der Waals surface area contributed by atoms with Gasteiger partial charge in [0.25, 0.3) is 0 Å². The summed E-state index contributed by atoms with van der Waals surface area (Å²) in [4.78, 5) is 2.02. The zero-order valence-corrected chi connectivity index (χ0v) is 11.5. The number of hydrogen-bond donors (Lipinski definition) is 0. The van der Waals surface area contributed by atoms with Crippen molar-refractivity contribution < 1.29 is 9.13 Å². The van der Waals surface area contributed by atoms with Crippen molar-refractivity contribution in [1.29, 1.82) is 0 Å². The zero-order valence-electron chi connectivity index (χ0n) is 11.5. The number of aromatic nitrogens is 2. The summed E-state index contributed by atoms with van der Waals surface area (Å²) in [7, 11) is 1.66. The smallest absolute Gasteiger partial charge is 0.107 e. The molecule has 2 aromatic heterocycles. The van der Waals surface area contributed by atoms with E-state index in [-0.39, 0.29) is 6.67 Å². The molecule has 0 aliphatic heterocycles. The molecule has 0 radical (unpaired) electrons. The topological polar surface area (TPSA) is 29.8 Å². The van der Waals surface area contributed by atoms with Gasteiger partial charge in [-0.1, -0.05) is 13.0 Å². The molecular formula is C14H20FN3O. The molecule has 5 heteroatoms. The average molecular weight is 265 g/mol. The quantitative estimate of drug-likeness (QED) is 0.769. The van der Waals surface area contributed by atoms with Gasteiger partial charge in [0.1, 0.15) is 6.67 Å². The Hall–Kier alpha value is -1.62. The number of anilines is 1. The molecule has 2 aromatic rings. The van der Waals surface area contributed by atoms with Crippen LogP contribution in [0.25, 0.3) is 5.52 Å². The standard InChI is InChI=1S/C14H20FN3O/c1-3-12-14(17(9-7-15)10-11-19-2)13-6-4-5-8-18(13)16-12/h4-6,8H,3,7,9-11H2,1-2H3. The molecule has 0 fully saturated rings. The maximum Gasteiger partial charge on any atom is 0.107 e. The summed E-state index contributed by atoms with van der Waals surface area (Å²) in [5, 5.41) is 4.55. The van der Waals surface area contributed by atoms with E-state index in [9.17, 15) is 4.39 Å². The molecule has 0 saturated heterocycles. The fourth-order valence-corrected chi connectivity index (χ4v) is 2.26. The molecule has 0 saturated carbocycles. The highest BCUT2D eigenvalue weighted by atomic mass is 19.1. The number of rotatable bonds is 7. The van der Waals surface area contributed by atoms with Crippen molar-refractivity contribution in [2.45, 2.75) is 13.3 Å². The first kappa shape index (κ1) is 13.8. The lowest BCUT2D eigenvalue weighted by Crippen LogP contribution is -2.30. The van der Waals surface area contributed by atoms with Gasteiger partial charge in [-0.3, -0.25) is 0 Å². The van der Waals surface area contributed by atoms with Crippen LogP contribution < -0.4 is 4.90 Å². The molecule has 0 aliphatic rings. The minimum atomic E-state index is -0.378. The van der Waals surface area contributed by atoms with Crippen LogP contribution in [0, 0.1) is 0 Å². The van der Waals surface area contributed by atoms with E-state index < -0.39 is 0 Å². The molecule has 0 aliphatic carbocycles. The monoisotopic (exact) mass is 265 g/mol. The summed E-state index contributed by atoms with van der Waals surface area (Å²) in [5.41, 5.74) is 3.04. The fraction of sp³-hybridized carbons (Fsp3) is 0.500. The molecule has 0 aromatic carbocycles. The van der Waals surface area contributed by atoms with E-state index in [1.165, 1.54) is 0 Å². The fourth-order valence-electron chi connectivity index (χ4n) is 2.26. The van der Waals surface area contributed by atoms with Gasteiger partial charge >= 0.3 is 0 Å². The van der Waals surface area contributed by atoms with E-state index in [1.807, 2.05) is 33.8 Å². The lowest BCUT2D eigenvalue weighted by molar-refractivity contribution is 0.204. The number of fused-ring (bicyclic) bond motifs is 1. The summed E-state index contributed by atoms with van der Waals surface area (Å²) in [6.07, 6.45) is 2.74. The van der Waals surface area contributed by atoms with Gasteiger partial charge in [0.05, 0.1) is 23.5 Å². The lowest BCUT2D eigenvalue weighted by atomic mass is 10.2. The summed E-state index contributed by atoms with van der Waals surface area (Å²) in [6.45, 7) is 3.30. The molecule has 0 unspecified atom stereocenters. The first-order valence-electron chi connectivity index (χ1n) is 6.57. The maximum atomic E-state index is 12.8. The second kappa shape index (κ2) is 6.52. The van der Waals surface area contributed by atoms with Crippen molar-refractivity contribution in [3.63, 3.8) is 0 Å². The van der Waals surface area contributed by atoms with E-state index in [1.54, 1.807) is 7.11 Å². The van der Waals surface area contributed by atoms with Crippen molar-refractivity contribution in [3.8, 4) is 0 Å². The number of ether oxygens (including phenoxy) is 1. The molecule has 0 amide bonds. The summed E-state index contributed by atoms with van der Waals surface area (Å²) < 4.78 is 19.8. The third-order valence-electron chi connectivity index (χ3n) is 3.15. The van der Waals surface area contributed by atoms with Crippen LogP contribution in [0.1, 0.15) is 12.6 Å². The number of methoxy groups -OCH3 is 1. The van der Waals surface area contributed by atoms with Gasteiger partial charge in [0.15, 0.2) is 0 Å². The van der Waals surface area contributed by atoms with Crippen LogP contribution in [0.3, 0.4) is 0 Å². The Kier molecular flexibility index (Phi) is 4.74. The Balaban J connectivity index is 2.43. The van der Waals surface area contributed by atoms with E-state index in [4.69, 9.17) is 4.74 Å². The number of aryl methyl sites for hydroxylation is 1. The van der Waals surface area contributed by atoms with Gasteiger partial charge in [0.2, 0.25) is 0 Å². The molecule has 0 spiro atoms. The number of hydrogen-bond acceptors (Lipinski definition) is 3.